The number of ketones is 1. The smallest absolute Gasteiger partial charge is 0.232 e. The van der Waals surface area contributed by atoms with Crippen molar-refractivity contribution >= 4 is 15.6 Å². The largest absolute Gasteiger partial charge is 0.473 e. The average molecular weight is 376 g/mol. The van der Waals surface area contributed by atoms with Gasteiger partial charge in [0.15, 0.2) is 15.6 Å². The Balaban J connectivity index is 1.24. The van der Waals surface area contributed by atoms with Crippen molar-refractivity contribution in [2.24, 2.45) is 17.8 Å². The van der Waals surface area contributed by atoms with Crippen LogP contribution in [0.1, 0.15) is 55.4 Å². The van der Waals surface area contributed by atoms with E-state index < -0.39 is 9.84 Å². The molecule has 1 aromatic heterocycles. The minimum absolute atomic E-state index is 0.0244. The van der Waals surface area contributed by atoms with Gasteiger partial charge in [0.2, 0.25) is 5.88 Å². The quantitative estimate of drug-likeness (QED) is 0.680. The molecule has 4 rings (SSSR count). The minimum atomic E-state index is -3.02. The zero-order valence-electron chi connectivity index (χ0n) is 14.7. The van der Waals surface area contributed by atoms with Gasteiger partial charge in [0.25, 0.3) is 0 Å². The molecule has 4 atom stereocenters. The monoisotopic (exact) mass is 376 g/mol. The van der Waals surface area contributed by atoms with E-state index in [4.69, 9.17) is 4.74 Å². The number of carbonyl (C=O) groups is 1. The van der Waals surface area contributed by atoms with Gasteiger partial charge < -0.3 is 4.74 Å². The van der Waals surface area contributed by atoms with Gasteiger partial charge in [-0.15, -0.1) is 0 Å². The maximum Gasteiger partial charge on any atom is 0.232 e. The molecule has 26 heavy (non-hydrogen) atoms. The van der Waals surface area contributed by atoms with Gasteiger partial charge in [0.05, 0.1) is 18.1 Å². The Morgan fingerprint density at radius 2 is 2.08 bits per heavy atom. The third kappa shape index (κ3) is 3.98. The molecule has 3 aliphatic rings. The number of rotatable bonds is 7. The molecule has 4 unspecified atom stereocenters. The van der Waals surface area contributed by atoms with Crippen molar-refractivity contribution in [3.63, 3.8) is 0 Å². The lowest BCUT2D eigenvalue weighted by atomic mass is 9.98. The number of fused-ring (bicyclic) bond motifs is 2. The number of nitrogens with zero attached hydrogens (tertiary/aromatic N) is 2. The molecule has 7 heteroatoms. The van der Waals surface area contributed by atoms with E-state index in [9.17, 15) is 13.2 Å². The fraction of sp³-hybridized carbons (Fsp3) is 0.632. The predicted molar refractivity (Wildman–Crippen MR) is 96.5 cm³/mol. The molecule has 0 aromatic carbocycles. The van der Waals surface area contributed by atoms with Crippen LogP contribution in [0.15, 0.2) is 23.9 Å². The number of ether oxygens (including phenoxy) is 1. The van der Waals surface area contributed by atoms with Gasteiger partial charge in [-0.1, -0.05) is 6.08 Å². The van der Waals surface area contributed by atoms with E-state index in [-0.39, 0.29) is 23.6 Å². The Labute approximate surface area is 154 Å². The maximum absolute atomic E-state index is 12.2. The molecule has 1 aliphatic heterocycles. The summed E-state index contributed by atoms with van der Waals surface area (Å²) in [4.78, 5) is 20.7. The molecule has 2 fully saturated rings. The van der Waals surface area contributed by atoms with Crippen LogP contribution in [0.25, 0.3) is 0 Å². The van der Waals surface area contributed by atoms with Crippen LogP contribution < -0.4 is 4.74 Å². The summed E-state index contributed by atoms with van der Waals surface area (Å²) in [6.45, 7) is 0. The van der Waals surface area contributed by atoms with E-state index in [0.29, 0.717) is 36.8 Å². The zero-order chi connectivity index (χ0) is 18.1. The molecule has 1 aromatic rings. The van der Waals surface area contributed by atoms with Crippen LogP contribution in [0.5, 0.6) is 5.88 Å². The van der Waals surface area contributed by atoms with E-state index in [2.05, 4.69) is 9.97 Å². The van der Waals surface area contributed by atoms with Gasteiger partial charge in [-0.3, -0.25) is 4.79 Å². The molecule has 6 nitrogen and oxygen atoms in total. The van der Waals surface area contributed by atoms with Crippen LogP contribution in [0, 0.1) is 17.8 Å². The molecule has 2 heterocycles. The lowest BCUT2D eigenvalue weighted by molar-refractivity contribution is 0.0972. The van der Waals surface area contributed by atoms with Gasteiger partial charge >= 0.3 is 0 Å². The van der Waals surface area contributed by atoms with Crippen LogP contribution in [0.2, 0.25) is 0 Å². The Morgan fingerprint density at radius 3 is 2.69 bits per heavy atom. The van der Waals surface area contributed by atoms with Crippen molar-refractivity contribution in [1.29, 1.82) is 0 Å². The normalized spacial score (nSPS) is 31.4. The molecule has 0 saturated heterocycles. The Kier molecular flexibility index (Phi) is 4.82. The Bertz CT molecular complexity index is 803. The average Bonchev–Trinajstić information content (AvgIpc) is 3.31. The second kappa shape index (κ2) is 7.10. The van der Waals surface area contributed by atoms with Gasteiger partial charge in [-0.25, -0.2) is 18.4 Å². The molecule has 0 radical (unpaired) electrons. The SMILES string of the molecule is O=C(CCCC1C=CS(=O)(=O)C1)c1cnc(OC2CC3CCC2C3)cn1. The molecule has 2 saturated carbocycles. The van der Waals surface area contributed by atoms with Crippen molar-refractivity contribution in [3.05, 3.63) is 29.6 Å². The second-order valence-electron chi connectivity index (χ2n) is 7.80. The van der Waals surface area contributed by atoms with E-state index in [1.54, 1.807) is 12.3 Å². The molecule has 0 spiro atoms. The van der Waals surface area contributed by atoms with Crippen molar-refractivity contribution in [1.82, 2.24) is 9.97 Å². The number of carbonyl (C=O) groups excluding carboxylic acids is 1. The number of aromatic nitrogens is 2. The number of sulfone groups is 1. The topological polar surface area (TPSA) is 86.2 Å². The van der Waals surface area contributed by atoms with Gasteiger partial charge in [0, 0.05) is 11.8 Å². The molecular formula is C19H24N2O4S. The third-order valence-electron chi connectivity index (χ3n) is 5.84. The molecule has 0 amide bonds. The van der Waals surface area contributed by atoms with Crippen molar-refractivity contribution in [2.75, 3.05) is 5.75 Å². The number of Topliss-reactive ketones (excluding diaryl/α,β-unsaturated/α-hetero) is 1. The maximum atomic E-state index is 12.2. The fourth-order valence-corrected chi connectivity index (χ4v) is 5.93. The molecule has 0 N–H and O–H groups in total. The zero-order valence-corrected chi connectivity index (χ0v) is 15.5. The summed E-state index contributed by atoms with van der Waals surface area (Å²) in [5.41, 5.74) is 0.347. The Hall–Kier alpha value is -1.76. The van der Waals surface area contributed by atoms with Crippen LogP contribution >= 0.6 is 0 Å². The highest BCUT2D eigenvalue weighted by atomic mass is 32.2. The van der Waals surface area contributed by atoms with Crippen LogP contribution in [-0.4, -0.2) is 36.0 Å². The summed E-state index contributed by atoms with van der Waals surface area (Å²) in [5.74, 6) is 2.08. The predicted octanol–water partition coefficient (Wildman–Crippen LogP) is 2.96. The summed E-state index contributed by atoms with van der Waals surface area (Å²) < 4.78 is 28.7. The van der Waals surface area contributed by atoms with Crippen LogP contribution in [0.3, 0.4) is 0 Å². The van der Waals surface area contributed by atoms with E-state index in [1.165, 1.54) is 30.9 Å². The van der Waals surface area contributed by atoms with Gasteiger partial charge in [-0.2, -0.15) is 0 Å². The first-order chi connectivity index (χ1) is 12.5. The van der Waals surface area contributed by atoms with E-state index in [0.717, 1.165) is 12.3 Å². The standard InChI is InChI=1S/C19H24N2O4S/c22-17(3-1-2-13-6-7-26(23,24)12-13)16-10-21-19(11-20-16)25-18-9-14-4-5-15(18)8-14/h6-7,10-11,13-15,18H,1-5,8-9,12H2. The first-order valence-corrected chi connectivity index (χ1v) is 11.1. The van der Waals surface area contributed by atoms with E-state index in [1.807, 2.05) is 0 Å². The second-order valence-corrected chi connectivity index (χ2v) is 9.74. The van der Waals surface area contributed by atoms with Gasteiger partial charge in [-0.05, 0) is 56.3 Å². The highest BCUT2D eigenvalue weighted by Gasteiger charge is 2.41. The van der Waals surface area contributed by atoms with Crippen LogP contribution in [-0.2, 0) is 9.84 Å². The van der Waals surface area contributed by atoms with Gasteiger partial charge in [0.1, 0.15) is 11.8 Å². The first kappa shape index (κ1) is 17.6. The third-order valence-corrected chi connectivity index (χ3v) is 7.31. The summed E-state index contributed by atoms with van der Waals surface area (Å²) >= 11 is 0. The lowest BCUT2D eigenvalue weighted by Gasteiger charge is -2.22. The molecule has 2 bridgehead atoms. The lowest BCUT2D eigenvalue weighted by Crippen LogP contribution is -2.24. The highest BCUT2D eigenvalue weighted by Crippen LogP contribution is 2.45. The molecule has 2 aliphatic carbocycles. The van der Waals surface area contributed by atoms with E-state index >= 15 is 0 Å². The summed E-state index contributed by atoms with van der Waals surface area (Å²) in [5, 5.41) is 1.28. The number of hydrogen-bond acceptors (Lipinski definition) is 6. The highest BCUT2D eigenvalue weighted by molar-refractivity contribution is 7.94. The number of allylic oxidation sites excluding steroid dienone is 1. The molecule has 140 valence electrons. The Morgan fingerprint density at radius 1 is 1.19 bits per heavy atom. The first-order valence-electron chi connectivity index (χ1n) is 9.41. The van der Waals surface area contributed by atoms with Crippen molar-refractivity contribution in [3.8, 4) is 5.88 Å². The van der Waals surface area contributed by atoms with Crippen molar-refractivity contribution < 1.29 is 17.9 Å². The number of hydrogen-bond donors (Lipinski definition) is 0. The minimum Gasteiger partial charge on any atom is -0.473 e. The summed E-state index contributed by atoms with van der Waals surface area (Å²) in [6.07, 6.45) is 11.7. The van der Waals surface area contributed by atoms with Crippen molar-refractivity contribution in [2.45, 2.75) is 51.0 Å². The summed E-state index contributed by atoms with van der Waals surface area (Å²) in [6, 6.07) is 0. The fourth-order valence-electron chi connectivity index (χ4n) is 4.48. The van der Waals surface area contributed by atoms with Crippen LogP contribution in [0.4, 0.5) is 0 Å². The molecular weight excluding hydrogens is 352 g/mol. The summed E-state index contributed by atoms with van der Waals surface area (Å²) in [7, 11) is -3.02.